The van der Waals surface area contributed by atoms with Crippen LogP contribution in [0.1, 0.15) is 32.6 Å². The normalized spacial score (nSPS) is 29.9. The average Bonchev–Trinajstić information content (AvgIpc) is 2.43. The van der Waals surface area contributed by atoms with Gasteiger partial charge in [-0.05, 0) is 26.2 Å². The first-order valence-corrected chi connectivity index (χ1v) is 8.31. The Morgan fingerprint density at radius 2 is 2.27 bits per heavy atom. The fraction of sp³-hybridized carbons (Fsp3) is 0.875. The van der Waals surface area contributed by atoms with E-state index in [9.17, 15) is 9.59 Å². The van der Waals surface area contributed by atoms with E-state index in [4.69, 9.17) is 9.47 Å². The van der Waals surface area contributed by atoms with Crippen LogP contribution in [0.4, 0.5) is 0 Å². The lowest BCUT2D eigenvalue weighted by Gasteiger charge is -2.63. The number of carbonyl (C=O) groups excluding carboxylic acids is 2. The Labute approximate surface area is 131 Å². The lowest BCUT2D eigenvalue weighted by Crippen LogP contribution is -2.68. The predicted octanol–water partition coefficient (Wildman–Crippen LogP) is 0.651. The van der Waals surface area contributed by atoms with Crippen molar-refractivity contribution in [2.45, 2.75) is 44.8 Å². The van der Waals surface area contributed by atoms with Gasteiger partial charge in [0, 0.05) is 31.7 Å². The van der Waals surface area contributed by atoms with Gasteiger partial charge in [0.05, 0.1) is 19.3 Å². The summed E-state index contributed by atoms with van der Waals surface area (Å²) in [5.74, 6) is -0.0615. The molecule has 22 heavy (non-hydrogen) atoms. The minimum atomic E-state index is -0.0906. The van der Waals surface area contributed by atoms with E-state index in [1.54, 1.807) is 4.90 Å². The molecule has 1 heterocycles. The number of nitrogens with zero attached hydrogens (tertiary/aromatic N) is 2. The summed E-state index contributed by atoms with van der Waals surface area (Å²) in [5, 5.41) is 0. The van der Waals surface area contributed by atoms with Crippen molar-refractivity contribution < 1.29 is 19.1 Å². The van der Waals surface area contributed by atoms with E-state index in [-0.39, 0.29) is 36.4 Å². The quantitative estimate of drug-likeness (QED) is 0.748. The summed E-state index contributed by atoms with van der Waals surface area (Å²) in [6, 6.07) is 0.265. The summed E-state index contributed by atoms with van der Waals surface area (Å²) in [6.07, 6.45) is 4.75. The smallest absolute Gasteiger partial charge is 0.249 e. The summed E-state index contributed by atoms with van der Waals surface area (Å²) in [5.41, 5.74) is 0.176. The van der Waals surface area contributed by atoms with Crippen molar-refractivity contribution in [2.24, 2.45) is 5.41 Å². The number of likely N-dealkylation sites (N-methyl/N-ethyl adjacent to an activating group) is 1. The van der Waals surface area contributed by atoms with Crippen LogP contribution < -0.4 is 0 Å². The fourth-order valence-corrected chi connectivity index (χ4v) is 4.11. The van der Waals surface area contributed by atoms with Crippen molar-refractivity contribution in [1.82, 2.24) is 9.80 Å². The Hall–Kier alpha value is -1.14. The molecular weight excluding hydrogens is 284 g/mol. The van der Waals surface area contributed by atoms with Crippen LogP contribution in [0.3, 0.4) is 0 Å². The van der Waals surface area contributed by atoms with Crippen LogP contribution in [0.5, 0.6) is 0 Å². The van der Waals surface area contributed by atoms with Gasteiger partial charge < -0.3 is 19.3 Å². The second-order valence-corrected chi connectivity index (χ2v) is 6.65. The monoisotopic (exact) mass is 310 g/mol. The highest BCUT2D eigenvalue weighted by Gasteiger charge is 2.60. The lowest BCUT2D eigenvalue weighted by atomic mass is 9.50. The molecule has 2 saturated carbocycles. The summed E-state index contributed by atoms with van der Waals surface area (Å²) in [7, 11) is 1.88. The van der Waals surface area contributed by atoms with Crippen molar-refractivity contribution in [3.8, 4) is 0 Å². The maximum atomic E-state index is 12.5. The Balaban J connectivity index is 1.58. The third-order valence-corrected chi connectivity index (χ3v) is 5.67. The van der Waals surface area contributed by atoms with Crippen LogP contribution in [0.2, 0.25) is 0 Å². The topological polar surface area (TPSA) is 59.1 Å². The summed E-state index contributed by atoms with van der Waals surface area (Å²) < 4.78 is 10.9. The molecule has 2 amide bonds. The Kier molecular flexibility index (Phi) is 4.41. The summed E-state index contributed by atoms with van der Waals surface area (Å²) >= 11 is 0. The molecular formula is C16H26N2O4. The van der Waals surface area contributed by atoms with Gasteiger partial charge in [0.25, 0.3) is 0 Å². The van der Waals surface area contributed by atoms with Gasteiger partial charge in [-0.2, -0.15) is 0 Å². The molecule has 3 rings (SSSR count). The molecule has 1 saturated heterocycles. The number of morpholine rings is 1. The van der Waals surface area contributed by atoms with Gasteiger partial charge in [0.15, 0.2) is 0 Å². The van der Waals surface area contributed by atoms with Gasteiger partial charge >= 0.3 is 0 Å². The molecule has 0 radical (unpaired) electrons. The number of hydrogen-bond acceptors (Lipinski definition) is 4. The SMILES string of the molecule is CCO[C@@H]1C[C@H](N(C)C(=O)CN2CCOCC2=O)C12CCC2. The Morgan fingerprint density at radius 3 is 2.86 bits per heavy atom. The lowest BCUT2D eigenvalue weighted by molar-refractivity contribution is -0.203. The van der Waals surface area contributed by atoms with Crippen molar-refractivity contribution in [1.29, 1.82) is 0 Å². The first-order chi connectivity index (χ1) is 10.6. The molecule has 0 aromatic rings. The minimum Gasteiger partial charge on any atom is -0.378 e. The molecule has 0 N–H and O–H groups in total. The standard InChI is InChI=1S/C16H26N2O4/c1-3-22-13-9-12(16(13)5-4-6-16)17(2)14(19)10-18-7-8-21-11-15(18)20/h12-13H,3-11H2,1-2H3/t12-,13+/m0/s1. The first kappa shape index (κ1) is 15.7. The number of carbonyl (C=O) groups is 2. The van der Waals surface area contributed by atoms with Crippen molar-refractivity contribution in [3.05, 3.63) is 0 Å². The van der Waals surface area contributed by atoms with Crippen molar-refractivity contribution in [2.75, 3.05) is 40.0 Å². The van der Waals surface area contributed by atoms with Gasteiger partial charge in [-0.3, -0.25) is 9.59 Å². The van der Waals surface area contributed by atoms with Crippen LogP contribution in [0, 0.1) is 5.41 Å². The highest BCUT2D eigenvalue weighted by molar-refractivity contribution is 5.85. The van der Waals surface area contributed by atoms with Gasteiger partial charge in [-0.1, -0.05) is 6.42 Å². The first-order valence-electron chi connectivity index (χ1n) is 8.31. The zero-order valence-electron chi connectivity index (χ0n) is 13.5. The van der Waals surface area contributed by atoms with Crippen LogP contribution in [-0.4, -0.2) is 73.7 Å². The zero-order valence-corrected chi connectivity index (χ0v) is 13.5. The van der Waals surface area contributed by atoms with Gasteiger partial charge in [0.2, 0.25) is 11.8 Å². The van der Waals surface area contributed by atoms with Crippen LogP contribution in [0.25, 0.3) is 0 Å². The molecule has 1 aliphatic heterocycles. The number of hydrogen-bond donors (Lipinski definition) is 0. The molecule has 0 aromatic carbocycles. The fourth-order valence-electron chi connectivity index (χ4n) is 4.11. The Morgan fingerprint density at radius 1 is 1.50 bits per heavy atom. The van der Waals surface area contributed by atoms with Crippen LogP contribution in [0.15, 0.2) is 0 Å². The van der Waals surface area contributed by atoms with Gasteiger partial charge in [-0.15, -0.1) is 0 Å². The molecule has 0 bridgehead atoms. The van der Waals surface area contributed by atoms with E-state index in [1.807, 2.05) is 18.9 Å². The second kappa shape index (κ2) is 6.16. The molecule has 0 aromatic heterocycles. The number of ether oxygens (including phenoxy) is 2. The highest BCUT2D eigenvalue weighted by Crippen LogP contribution is 2.58. The number of rotatable bonds is 5. The molecule has 1 spiro atoms. The molecule has 6 nitrogen and oxygen atoms in total. The molecule has 124 valence electrons. The largest absolute Gasteiger partial charge is 0.378 e. The summed E-state index contributed by atoms with van der Waals surface area (Å²) in [4.78, 5) is 27.7. The second-order valence-electron chi connectivity index (χ2n) is 6.65. The highest BCUT2D eigenvalue weighted by atomic mass is 16.5. The zero-order chi connectivity index (χ0) is 15.7. The van der Waals surface area contributed by atoms with Crippen molar-refractivity contribution in [3.63, 3.8) is 0 Å². The maximum Gasteiger partial charge on any atom is 0.249 e. The molecule has 3 fully saturated rings. The number of amides is 2. The maximum absolute atomic E-state index is 12.5. The molecule has 2 atom stereocenters. The van der Waals surface area contributed by atoms with Gasteiger partial charge in [-0.25, -0.2) is 0 Å². The van der Waals surface area contributed by atoms with E-state index in [0.29, 0.717) is 19.3 Å². The van der Waals surface area contributed by atoms with E-state index in [2.05, 4.69) is 0 Å². The Bertz CT molecular complexity index is 449. The van der Waals surface area contributed by atoms with E-state index < -0.39 is 0 Å². The average molecular weight is 310 g/mol. The molecule has 3 aliphatic rings. The molecule has 6 heteroatoms. The van der Waals surface area contributed by atoms with E-state index >= 15 is 0 Å². The predicted molar refractivity (Wildman–Crippen MR) is 80.3 cm³/mol. The van der Waals surface area contributed by atoms with Crippen molar-refractivity contribution >= 4 is 11.8 Å². The third kappa shape index (κ3) is 2.52. The van der Waals surface area contributed by atoms with E-state index in [1.165, 1.54) is 6.42 Å². The minimum absolute atomic E-state index is 0.0291. The molecule has 2 aliphatic carbocycles. The summed E-state index contributed by atoms with van der Waals surface area (Å²) in [6.45, 7) is 4.05. The van der Waals surface area contributed by atoms with Crippen LogP contribution in [-0.2, 0) is 19.1 Å². The third-order valence-electron chi connectivity index (χ3n) is 5.67. The van der Waals surface area contributed by atoms with Crippen LogP contribution >= 0.6 is 0 Å². The molecule has 0 unspecified atom stereocenters. The van der Waals surface area contributed by atoms with Gasteiger partial charge in [0.1, 0.15) is 6.61 Å². The van der Waals surface area contributed by atoms with E-state index in [0.717, 1.165) is 25.9 Å².